The number of amides is 1. The van der Waals surface area contributed by atoms with E-state index in [1.165, 1.54) is 5.56 Å². The summed E-state index contributed by atoms with van der Waals surface area (Å²) in [5.41, 5.74) is 1.10. The van der Waals surface area contributed by atoms with Crippen LogP contribution in [-0.4, -0.2) is 33.4 Å². The van der Waals surface area contributed by atoms with Crippen LogP contribution < -0.4 is 10.0 Å². The lowest BCUT2D eigenvalue weighted by Gasteiger charge is -2.26. The molecule has 0 aromatic heterocycles. The van der Waals surface area contributed by atoms with Crippen molar-refractivity contribution in [3.63, 3.8) is 0 Å². The van der Waals surface area contributed by atoms with Crippen molar-refractivity contribution in [1.82, 2.24) is 10.0 Å². The van der Waals surface area contributed by atoms with Gasteiger partial charge in [0.25, 0.3) is 5.91 Å². The fourth-order valence-corrected chi connectivity index (χ4v) is 4.65. The first-order valence-corrected chi connectivity index (χ1v) is 11.7. The Labute approximate surface area is 189 Å². The number of alkyl halides is 3. The molecule has 1 amide bonds. The molecule has 2 aromatic rings. The smallest absolute Gasteiger partial charge is 0.416 e. The molecular weight excluding hydrogens is 461 g/mol. The topological polar surface area (TPSA) is 102 Å². The summed E-state index contributed by atoms with van der Waals surface area (Å²) in [5.74, 6) is -1.30. The van der Waals surface area contributed by atoms with Crippen molar-refractivity contribution in [3.8, 4) is 0 Å². The number of fused-ring (bicyclic) bond motifs is 1. The van der Waals surface area contributed by atoms with E-state index in [-0.39, 0.29) is 6.04 Å². The van der Waals surface area contributed by atoms with Gasteiger partial charge in [0.1, 0.15) is 0 Å². The van der Waals surface area contributed by atoms with Gasteiger partial charge in [0.05, 0.1) is 22.9 Å². The second-order valence-electron chi connectivity index (χ2n) is 7.55. The zero-order valence-corrected chi connectivity index (χ0v) is 18.3. The van der Waals surface area contributed by atoms with Crippen molar-refractivity contribution in [1.29, 1.82) is 0 Å². The Hall–Kier alpha value is -2.92. The Kier molecular flexibility index (Phi) is 7.75. The van der Waals surface area contributed by atoms with Gasteiger partial charge in [0.15, 0.2) is 6.61 Å². The van der Waals surface area contributed by atoms with Crippen LogP contribution >= 0.6 is 0 Å². The first-order valence-electron chi connectivity index (χ1n) is 10.3. The predicted molar refractivity (Wildman–Crippen MR) is 112 cm³/mol. The lowest BCUT2D eigenvalue weighted by molar-refractivity contribution is -0.148. The van der Waals surface area contributed by atoms with Crippen LogP contribution in [0.1, 0.15) is 42.0 Å². The standard InChI is InChI=1S/C22H23F3N2O5S/c23-22(24,25)16-7-4-8-17(13-16)33(30,31)26-12-11-21(29)32-14-20(28)27-19-10-3-6-15-5-1-2-9-18(15)19/h1-2,4-5,7-9,13,19,26H,3,6,10-12,14H2,(H,27,28). The molecule has 0 fully saturated rings. The van der Waals surface area contributed by atoms with Crippen LogP contribution in [0.2, 0.25) is 0 Å². The Morgan fingerprint density at radius 1 is 1.09 bits per heavy atom. The Morgan fingerprint density at radius 2 is 1.85 bits per heavy atom. The van der Waals surface area contributed by atoms with Crippen molar-refractivity contribution in [3.05, 3.63) is 65.2 Å². The van der Waals surface area contributed by atoms with Crippen LogP contribution in [0.3, 0.4) is 0 Å². The van der Waals surface area contributed by atoms with E-state index >= 15 is 0 Å². The summed E-state index contributed by atoms with van der Waals surface area (Å²) in [7, 11) is -4.25. The third-order valence-corrected chi connectivity index (χ3v) is 6.62. The van der Waals surface area contributed by atoms with Gasteiger partial charge in [-0.2, -0.15) is 13.2 Å². The maximum atomic E-state index is 12.8. The molecule has 0 saturated heterocycles. The highest BCUT2D eigenvalue weighted by atomic mass is 32.2. The number of halogens is 3. The van der Waals surface area contributed by atoms with Gasteiger partial charge in [0, 0.05) is 6.54 Å². The lowest BCUT2D eigenvalue weighted by Crippen LogP contribution is -2.34. The molecule has 0 spiro atoms. The monoisotopic (exact) mass is 484 g/mol. The number of nitrogens with one attached hydrogen (secondary N) is 2. The van der Waals surface area contributed by atoms with Crippen LogP contribution in [0, 0.1) is 0 Å². The summed E-state index contributed by atoms with van der Waals surface area (Å²) < 4.78 is 69.6. The largest absolute Gasteiger partial charge is 0.456 e. The normalized spacial score (nSPS) is 16.0. The average Bonchev–Trinajstić information content (AvgIpc) is 2.77. The van der Waals surface area contributed by atoms with E-state index in [2.05, 4.69) is 10.0 Å². The molecule has 1 aliphatic carbocycles. The number of benzene rings is 2. The third-order valence-electron chi connectivity index (χ3n) is 5.16. The molecule has 0 heterocycles. The highest BCUT2D eigenvalue weighted by Crippen LogP contribution is 2.31. The first-order chi connectivity index (χ1) is 15.6. The van der Waals surface area contributed by atoms with E-state index in [1.54, 1.807) is 0 Å². The molecule has 11 heteroatoms. The molecule has 0 radical (unpaired) electrons. The van der Waals surface area contributed by atoms with Gasteiger partial charge in [-0.3, -0.25) is 9.59 Å². The number of sulfonamides is 1. The van der Waals surface area contributed by atoms with Gasteiger partial charge in [-0.25, -0.2) is 13.1 Å². The number of carbonyl (C=O) groups excluding carboxylic acids is 2. The van der Waals surface area contributed by atoms with E-state index < -0.39 is 58.1 Å². The fraction of sp³-hybridized carbons (Fsp3) is 0.364. The van der Waals surface area contributed by atoms with Gasteiger partial charge in [-0.05, 0) is 48.6 Å². The number of hydrogen-bond donors (Lipinski definition) is 2. The summed E-state index contributed by atoms with van der Waals surface area (Å²) in [5, 5.41) is 2.83. The molecule has 178 valence electrons. The Morgan fingerprint density at radius 3 is 2.61 bits per heavy atom. The van der Waals surface area contributed by atoms with Crippen LogP contribution in [0.15, 0.2) is 53.4 Å². The third kappa shape index (κ3) is 6.78. The molecule has 0 aliphatic heterocycles. The second kappa shape index (κ2) is 10.3. The van der Waals surface area contributed by atoms with Gasteiger partial charge in [-0.15, -0.1) is 0 Å². The van der Waals surface area contributed by atoms with Crippen molar-refractivity contribution in [2.24, 2.45) is 0 Å². The molecule has 0 bridgehead atoms. The van der Waals surface area contributed by atoms with Crippen molar-refractivity contribution < 1.29 is 35.9 Å². The van der Waals surface area contributed by atoms with Crippen LogP contribution in [-0.2, 0) is 36.9 Å². The SMILES string of the molecule is O=C(COC(=O)CCNS(=O)(=O)c1cccc(C(F)(F)F)c1)NC1CCCc2ccccc21. The van der Waals surface area contributed by atoms with Gasteiger partial charge in [-0.1, -0.05) is 30.3 Å². The maximum Gasteiger partial charge on any atom is 0.416 e. The van der Waals surface area contributed by atoms with E-state index in [0.717, 1.165) is 43.0 Å². The number of hydrogen-bond acceptors (Lipinski definition) is 5. The molecule has 1 unspecified atom stereocenters. The number of aryl methyl sites for hydroxylation is 1. The molecule has 2 aromatic carbocycles. The molecule has 3 rings (SSSR count). The molecule has 1 aliphatic rings. The lowest BCUT2D eigenvalue weighted by atomic mass is 9.88. The number of ether oxygens (including phenoxy) is 1. The van der Waals surface area contributed by atoms with E-state index in [1.807, 2.05) is 24.3 Å². The predicted octanol–water partition coefficient (Wildman–Crippen LogP) is 3.11. The summed E-state index contributed by atoms with van der Waals surface area (Å²) in [6.07, 6.45) is -2.44. The van der Waals surface area contributed by atoms with Gasteiger partial charge < -0.3 is 10.1 Å². The number of esters is 1. The Balaban J connectivity index is 1.44. The van der Waals surface area contributed by atoms with Crippen LogP contribution in [0.4, 0.5) is 13.2 Å². The second-order valence-corrected chi connectivity index (χ2v) is 9.31. The molecule has 2 N–H and O–H groups in total. The minimum atomic E-state index is -4.68. The highest BCUT2D eigenvalue weighted by Gasteiger charge is 2.31. The summed E-state index contributed by atoms with van der Waals surface area (Å²) >= 11 is 0. The summed E-state index contributed by atoms with van der Waals surface area (Å²) in [6, 6.07) is 10.9. The van der Waals surface area contributed by atoms with Crippen molar-refractivity contribution >= 4 is 21.9 Å². The first kappa shape index (κ1) is 24.7. The van der Waals surface area contributed by atoms with Crippen molar-refractivity contribution in [2.75, 3.05) is 13.2 Å². The maximum absolute atomic E-state index is 12.8. The molecular formula is C22H23F3N2O5S. The quantitative estimate of drug-likeness (QED) is 0.561. The zero-order valence-electron chi connectivity index (χ0n) is 17.5. The molecule has 7 nitrogen and oxygen atoms in total. The van der Waals surface area contributed by atoms with Gasteiger partial charge in [0.2, 0.25) is 10.0 Å². The minimum Gasteiger partial charge on any atom is -0.456 e. The van der Waals surface area contributed by atoms with Gasteiger partial charge >= 0.3 is 12.1 Å². The molecule has 33 heavy (non-hydrogen) atoms. The summed E-state index contributed by atoms with van der Waals surface area (Å²) in [6.45, 7) is -0.910. The van der Waals surface area contributed by atoms with E-state index in [4.69, 9.17) is 4.74 Å². The van der Waals surface area contributed by atoms with Crippen molar-refractivity contribution in [2.45, 2.75) is 42.8 Å². The van der Waals surface area contributed by atoms with E-state index in [0.29, 0.717) is 6.07 Å². The van der Waals surface area contributed by atoms with Crippen LogP contribution in [0.25, 0.3) is 0 Å². The zero-order chi connectivity index (χ0) is 24.1. The number of carbonyl (C=O) groups is 2. The molecule has 0 saturated carbocycles. The fourth-order valence-electron chi connectivity index (χ4n) is 3.57. The number of rotatable bonds is 8. The highest BCUT2D eigenvalue weighted by molar-refractivity contribution is 7.89. The van der Waals surface area contributed by atoms with Crippen LogP contribution in [0.5, 0.6) is 0 Å². The molecule has 1 atom stereocenters. The van der Waals surface area contributed by atoms with E-state index in [9.17, 15) is 31.2 Å². The minimum absolute atomic E-state index is 0.166. The summed E-state index contributed by atoms with van der Waals surface area (Å²) in [4.78, 5) is 23.5. The Bertz CT molecular complexity index is 1120. The average molecular weight is 484 g/mol.